The van der Waals surface area contributed by atoms with E-state index in [0.29, 0.717) is 26.1 Å². The minimum Gasteiger partial charge on any atom is -0.490 e. The number of aryl methyl sites for hydroxylation is 1. The largest absolute Gasteiger partial charge is 0.490 e. The molecule has 1 atom stereocenters. The van der Waals surface area contributed by atoms with E-state index in [4.69, 9.17) is 9.47 Å². The molecular weight excluding hydrogens is 290 g/mol. The van der Waals surface area contributed by atoms with Crippen LogP contribution in [0.2, 0.25) is 0 Å². The Hall–Kier alpha value is -1.11. The van der Waals surface area contributed by atoms with Crippen LogP contribution in [0.5, 0.6) is 5.75 Å². The zero-order valence-corrected chi connectivity index (χ0v) is 13.6. The molecule has 0 aromatic heterocycles. The number of methoxy groups -OCH3 is 1. The van der Waals surface area contributed by atoms with Crippen molar-refractivity contribution in [2.24, 2.45) is 0 Å². The molecule has 2 rings (SSSR count). The smallest absolute Gasteiger partial charge is 0.213 e. The molecule has 1 saturated heterocycles. The SMILES string of the molecule is CCS(=O)(=O)N1CC[C@](COc2ccccc2C)(OC)C1. The highest BCUT2D eigenvalue weighted by Gasteiger charge is 2.43. The van der Waals surface area contributed by atoms with Gasteiger partial charge in [0.2, 0.25) is 10.0 Å². The van der Waals surface area contributed by atoms with Gasteiger partial charge in [-0.25, -0.2) is 8.42 Å². The fourth-order valence-electron chi connectivity index (χ4n) is 2.50. The predicted molar refractivity (Wildman–Crippen MR) is 82.1 cm³/mol. The van der Waals surface area contributed by atoms with Gasteiger partial charge in [0.15, 0.2) is 0 Å². The predicted octanol–water partition coefficient (Wildman–Crippen LogP) is 1.81. The number of nitrogens with zero attached hydrogens (tertiary/aromatic N) is 1. The Morgan fingerprint density at radius 3 is 2.67 bits per heavy atom. The first kappa shape index (κ1) is 16.3. The van der Waals surface area contributed by atoms with E-state index in [2.05, 4.69) is 0 Å². The molecule has 1 aliphatic rings. The number of sulfonamides is 1. The van der Waals surface area contributed by atoms with Crippen molar-refractivity contribution in [1.29, 1.82) is 0 Å². The van der Waals surface area contributed by atoms with Crippen molar-refractivity contribution in [2.45, 2.75) is 25.9 Å². The van der Waals surface area contributed by atoms with Crippen LogP contribution in [0.15, 0.2) is 24.3 Å². The number of para-hydroxylation sites is 1. The van der Waals surface area contributed by atoms with Crippen molar-refractivity contribution >= 4 is 10.0 Å². The van der Waals surface area contributed by atoms with Gasteiger partial charge in [-0.1, -0.05) is 18.2 Å². The number of benzene rings is 1. The number of rotatable bonds is 6. The Balaban J connectivity index is 2.06. The first-order valence-electron chi connectivity index (χ1n) is 7.14. The fraction of sp³-hybridized carbons (Fsp3) is 0.600. The normalized spacial score (nSPS) is 23.4. The lowest BCUT2D eigenvalue weighted by molar-refractivity contribution is -0.0318. The van der Waals surface area contributed by atoms with Crippen LogP contribution < -0.4 is 4.74 Å². The number of hydrogen-bond acceptors (Lipinski definition) is 4. The molecule has 0 saturated carbocycles. The van der Waals surface area contributed by atoms with E-state index in [9.17, 15) is 8.42 Å². The van der Waals surface area contributed by atoms with Crippen molar-refractivity contribution in [3.63, 3.8) is 0 Å². The maximum Gasteiger partial charge on any atom is 0.213 e. The molecule has 0 amide bonds. The van der Waals surface area contributed by atoms with Crippen LogP contribution in [0.4, 0.5) is 0 Å². The first-order chi connectivity index (χ1) is 9.92. The molecule has 118 valence electrons. The highest BCUT2D eigenvalue weighted by molar-refractivity contribution is 7.89. The molecule has 5 nitrogen and oxygen atoms in total. The zero-order valence-electron chi connectivity index (χ0n) is 12.8. The third kappa shape index (κ3) is 3.56. The molecule has 0 N–H and O–H groups in total. The number of ether oxygens (including phenoxy) is 2. The molecule has 0 radical (unpaired) electrons. The van der Waals surface area contributed by atoms with E-state index in [0.717, 1.165) is 11.3 Å². The Labute approximate surface area is 126 Å². The summed E-state index contributed by atoms with van der Waals surface area (Å²) in [6.07, 6.45) is 0.647. The van der Waals surface area contributed by atoms with Crippen molar-refractivity contribution in [1.82, 2.24) is 4.31 Å². The molecule has 1 fully saturated rings. The van der Waals surface area contributed by atoms with Gasteiger partial charge in [-0.15, -0.1) is 0 Å². The summed E-state index contributed by atoms with van der Waals surface area (Å²) in [5.41, 5.74) is 0.490. The van der Waals surface area contributed by atoms with Gasteiger partial charge < -0.3 is 9.47 Å². The van der Waals surface area contributed by atoms with Crippen molar-refractivity contribution in [3.05, 3.63) is 29.8 Å². The second kappa shape index (κ2) is 6.34. The molecule has 1 aromatic carbocycles. The molecular formula is C15H23NO4S. The third-order valence-corrected chi connectivity index (χ3v) is 5.88. The van der Waals surface area contributed by atoms with Crippen LogP contribution in [0, 0.1) is 6.92 Å². The number of hydrogen-bond donors (Lipinski definition) is 0. The summed E-state index contributed by atoms with van der Waals surface area (Å²) in [5, 5.41) is 0. The maximum atomic E-state index is 12.0. The van der Waals surface area contributed by atoms with E-state index in [1.807, 2.05) is 31.2 Å². The molecule has 1 aromatic rings. The average Bonchev–Trinajstić information content (AvgIpc) is 2.92. The third-order valence-electron chi connectivity index (χ3n) is 4.06. The van der Waals surface area contributed by atoms with Crippen LogP contribution in [-0.2, 0) is 14.8 Å². The summed E-state index contributed by atoms with van der Waals surface area (Å²) in [4.78, 5) is 0. The van der Waals surface area contributed by atoms with Gasteiger partial charge in [0, 0.05) is 20.2 Å². The van der Waals surface area contributed by atoms with E-state index in [-0.39, 0.29) is 5.75 Å². The molecule has 0 bridgehead atoms. The van der Waals surface area contributed by atoms with Crippen LogP contribution in [-0.4, -0.2) is 50.9 Å². The highest BCUT2D eigenvalue weighted by atomic mass is 32.2. The van der Waals surface area contributed by atoms with Crippen LogP contribution in [0.3, 0.4) is 0 Å². The van der Waals surface area contributed by atoms with Gasteiger partial charge in [0.1, 0.15) is 18.0 Å². The molecule has 1 aliphatic heterocycles. The lowest BCUT2D eigenvalue weighted by Crippen LogP contribution is -2.42. The van der Waals surface area contributed by atoms with Crippen LogP contribution >= 0.6 is 0 Å². The fourth-order valence-corrected chi connectivity index (χ4v) is 3.67. The molecule has 0 aliphatic carbocycles. The van der Waals surface area contributed by atoms with Gasteiger partial charge in [0.05, 0.1) is 5.75 Å². The molecule has 21 heavy (non-hydrogen) atoms. The summed E-state index contributed by atoms with van der Waals surface area (Å²) in [6.45, 7) is 4.83. The van der Waals surface area contributed by atoms with Gasteiger partial charge in [-0.05, 0) is 31.9 Å². The highest BCUT2D eigenvalue weighted by Crippen LogP contribution is 2.29. The maximum absolute atomic E-state index is 12.0. The average molecular weight is 313 g/mol. The van der Waals surface area contributed by atoms with E-state index in [1.165, 1.54) is 4.31 Å². The van der Waals surface area contributed by atoms with E-state index >= 15 is 0 Å². The monoisotopic (exact) mass is 313 g/mol. The van der Waals surface area contributed by atoms with E-state index in [1.54, 1.807) is 14.0 Å². The second-order valence-corrected chi connectivity index (χ2v) is 7.68. The molecule has 1 heterocycles. The van der Waals surface area contributed by atoms with Gasteiger partial charge in [0.25, 0.3) is 0 Å². The lowest BCUT2D eigenvalue weighted by Gasteiger charge is -2.28. The summed E-state index contributed by atoms with van der Waals surface area (Å²) in [5.74, 6) is 0.927. The van der Waals surface area contributed by atoms with Crippen LogP contribution in [0.1, 0.15) is 18.9 Å². The molecule has 6 heteroatoms. The lowest BCUT2D eigenvalue weighted by atomic mass is 10.0. The minimum atomic E-state index is -3.17. The summed E-state index contributed by atoms with van der Waals surface area (Å²) in [6, 6.07) is 7.77. The topological polar surface area (TPSA) is 55.8 Å². The van der Waals surface area contributed by atoms with Gasteiger partial charge in [-0.3, -0.25) is 0 Å². The quantitative estimate of drug-likeness (QED) is 0.804. The van der Waals surface area contributed by atoms with Crippen molar-refractivity contribution in [2.75, 3.05) is 32.6 Å². The summed E-state index contributed by atoms with van der Waals surface area (Å²) < 4.78 is 36.9. The second-order valence-electron chi connectivity index (χ2n) is 5.43. The Morgan fingerprint density at radius 2 is 2.05 bits per heavy atom. The Morgan fingerprint density at radius 1 is 1.33 bits per heavy atom. The van der Waals surface area contributed by atoms with Gasteiger partial charge >= 0.3 is 0 Å². The van der Waals surface area contributed by atoms with Crippen LogP contribution in [0.25, 0.3) is 0 Å². The van der Waals surface area contributed by atoms with E-state index < -0.39 is 15.6 Å². The molecule has 0 spiro atoms. The Bertz CT molecular complexity index is 587. The first-order valence-corrected chi connectivity index (χ1v) is 8.75. The summed E-state index contributed by atoms with van der Waals surface area (Å²) in [7, 11) is -1.56. The minimum absolute atomic E-state index is 0.117. The summed E-state index contributed by atoms with van der Waals surface area (Å²) >= 11 is 0. The Kier molecular flexibility index (Phi) is 4.91. The molecule has 0 unspecified atom stereocenters. The van der Waals surface area contributed by atoms with Crippen molar-refractivity contribution < 1.29 is 17.9 Å². The standard InChI is InChI=1S/C15H23NO4S/c1-4-21(17,18)16-10-9-15(11-16,19-3)12-20-14-8-6-5-7-13(14)2/h5-8H,4,9-12H2,1-3H3/t15-/m0/s1. The zero-order chi connectivity index (χ0) is 15.5. The van der Waals surface area contributed by atoms with Crippen molar-refractivity contribution in [3.8, 4) is 5.75 Å². The van der Waals surface area contributed by atoms with Gasteiger partial charge in [-0.2, -0.15) is 4.31 Å².